The van der Waals surface area contributed by atoms with E-state index in [0.717, 1.165) is 48.6 Å². The van der Waals surface area contributed by atoms with Crippen molar-refractivity contribution >= 4 is 28.8 Å². The van der Waals surface area contributed by atoms with Crippen LogP contribution >= 0.6 is 0 Å². The molecule has 1 saturated heterocycles. The van der Waals surface area contributed by atoms with E-state index in [0.29, 0.717) is 6.54 Å². The van der Waals surface area contributed by atoms with E-state index >= 15 is 0 Å². The number of hydrogen-bond acceptors (Lipinski definition) is 5. The number of allylic oxidation sites excluding steroid dienone is 2. The number of piperidine rings is 1. The summed E-state index contributed by atoms with van der Waals surface area (Å²) in [5, 5.41) is 2.87. The van der Waals surface area contributed by atoms with Crippen molar-refractivity contribution in [1.29, 1.82) is 0 Å². The van der Waals surface area contributed by atoms with Gasteiger partial charge in [0.2, 0.25) is 5.95 Å². The van der Waals surface area contributed by atoms with E-state index < -0.39 is 0 Å². The lowest BCUT2D eigenvalue weighted by atomic mass is 10.1. The lowest BCUT2D eigenvalue weighted by molar-refractivity contribution is 0.0823. The molecule has 0 aliphatic carbocycles. The average Bonchev–Trinajstić information content (AvgIpc) is 2.96. The molecule has 1 aliphatic heterocycles. The van der Waals surface area contributed by atoms with Crippen LogP contribution in [0.1, 0.15) is 47.5 Å². The maximum atomic E-state index is 12.2. The van der Waals surface area contributed by atoms with Crippen molar-refractivity contribution in [2.24, 2.45) is 0 Å². The lowest BCUT2D eigenvalue weighted by Gasteiger charge is -2.34. The van der Waals surface area contributed by atoms with Crippen LogP contribution in [0.15, 0.2) is 29.8 Å². The fourth-order valence-electron chi connectivity index (χ4n) is 3.53. The number of carbonyl (C=O) groups is 1. The summed E-state index contributed by atoms with van der Waals surface area (Å²) in [4.78, 5) is 19.3. The SMILES string of the molecule is CC(C)=CCn1c(N2CCC[C@@H](OC(=O)NC(C)(C)C)C2)nc2ccc(N)cc21. The number of amides is 1. The Morgan fingerprint density at radius 3 is 2.83 bits per heavy atom. The zero-order chi connectivity index (χ0) is 21.2. The predicted molar refractivity (Wildman–Crippen MR) is 118 cm³/mol. The third kappa shape index (κ3) is 5.43. The molecule has 3 N–H and O–H groups in total. The molecule has 1 aromatic carbocycles. The van der Waals surface area contributed by atoms with Crippen LogP contribution in [0, 0.1) is 0 Å². The van der Waals surface area contributed by atoms with Crippen LogP contribution in [0.2, 0.25) is 0 Å². The van der Waals surface area contributed by atoms with Crippen molar-refractivity contribution in [2.75, 3.05) is 23.7 Å². The number of nitrogens with one attached hydrogen (secondary N) is 1. The van der Waals surface area contributed by atoms with Crippen LogP contribution in [0.5, 0.6) is 0 Å². The van der Waals surface area contributed by atoms with E-state index in [1.54, 1.807) is 0 Å². The molecule has 7 nitrogen and oxygen atoms in total. The molecule has 1 atom stereocenters. The number of alkyl carbamates (subject to hydrolysis) is 1. The number of hydrogen-bond donors (Lipinski definition) is 2. The predicted octanol–water partition coefficient (Wildman–Crippen LogP) is 4.08. The molecule has 29 heavy (non-hydrogen) atoms. The van der Waals surface area contributed by atoms with E-state index in [9.17, 15) is 4.79 Å². The van der Waals surface area contributed by atoms with Gasteiger partial charge in [0.1, 0.15) is 6.10 Å². The Morgan fingerprint density at radius 1 is 1.38 bits per heavy atom. The van der Waals surface area contributed by atoms with Gasteiger partial charge < -0.3 is 25.3 Å². The summed E-state index contributed by atoms with van der Waals surface area (Å²) < 4.78 is 7.88. The number of nitrogens with zero attached hydrogens (tertiary/aromatic N) is 3. The van der Waals surface area contributed by atoms with Crippen LogP contribution in [0.3, 0.4) is 0 Å². The monoisotopic (exact) mass is 399 g/mol. The van der Waals surface area contributed by atoms with E-state index in [-0.39, 0.29) is 17.7 Å². The average molecular weight is 400 g/mol. The minimum absolute atomic E-state index is 0.159. The molecule has 158 valence electrons. The number of aromatic nitrogens is 2. The number of nitrogen functional groups attached to an aromatic ring is 1. The summed E-state index contributed by atoms with van der Waals surface area (Å²) in [6, 6.07) is 5.81. The number of fused-ring (bicyclic) bond motifs is 1. The molecule has 1 fully saturated rings. The van der Waals surface area contributed by atoms with Gasteiger partial charge in [-0.1, -0.05) is 11.6 Å². The summed E-state index contributed by atoms with van der Waals surface area (Å²) in [7, 11) is 0. The molecule has 0 spiro atoms. The van der Waals surface area contributed by atoms with Gasteiger partial charge in [0.15, 0.2) is 0 Å². The molecule has 0 unspecified atom stereocenters. The Labute approximate surface area is 172 Å². The highest BCUT2D eigenvalue weighted by Crippen LogP contribution is 2.27. The highest BCUT2D eigenvalue weighted by atomic mass is 16.6. The van der Waals surface area contributed by atoms with Crippen molar-refractivity contribution < 1.29 is 9.53 Å². The highest BCUT2D eigenvalue weighted by Gasteiger charge is 2.27. The number of carbonyl (C=O) groups excluding carboxylic acids is 1. The molecule has 0 bridgehead atoms. The number of ether oxygens (including phenoxy) is 1. The summed E-state index contributed by atoms with van der Waals surface area (Å²) >= 11 is 0. The Hall–Kier alpha value is -2.70. The standard InChI is InChI=1S/C22H33N5O2/c1-15(2)10-12-27-19-13-16(23)8-9-18(19)24-20(27)26-11-6-7-17(14-26)29-21(28)25-22(3,4)5/h8-10,13,17H,6-7,11-12,14,23H2,1-5H3,(H,25,28)/t17-/m1/s1. The number of rotatable bonds is 4. The smallest absolute Gasteiger partial charge is 0.407 e. The van der Waals surface area contributed by atoms with Crippen LogP contribution < -0.4 is 16.0 Å². The normalized spacial score (nSPS) is 17.3. The zero-order valence-corrected chi connectivity index (χ0v) is 18.2. The second-order valence-electron chi connectivity index (χ2n) is 9.04. The molecule has 3 rings (SSSR count). The zero-order valence-electron chi connectivity index (χ0n) is 18.2. The van der Waals surface area contributed by atoms with Gasteiger partial charge in [-0.15, -0.1) is 0 Å². The summed E-state index contributed by atoms with van der Waals surface area (Å²) in [6.45, 7) is 12.2. The molecule has 2 aromatic rings. The van der Waals surface area contributed by atoms with Crippen LogP contribution in [-0.2, 0) is 11.3 Å². The van der Waals surface area contributed by atoms with E-state index in [4.69, 9.17) is 15.5 Å². The van der Waals surface area contributed by atoms with Gasteiger partial charge >= 0.3 is 6.09 Å². The number of nitrogens with two attached hydrogens (primary N) is 1. The fraction of sp³-hybridized carbons (Fsp3) is 0.545. The molecule has 0 radical (unpaired) electrons. The number of anilines is 2. The van der Waals surface area contributed by atoms with Crippen molar-refractivity contribution in [1.82, 2.24) is 14.9 Å². The second-order valence-corrected chi connectivity index (χ2v) is 9.04. The summed E-state index contributed by atoms with van der Waals surface area (Å²) in [5.41, 5.74) is 9.63. The highest BCUT2D eigenvalue weighted by molar-refractivity contribution is 5.82. The minimum atomic E-state index is -0.366. The first-order valence-electron chi connectivity index (χ1n) is 10.3. The third-order valence-corrected chi connectivity index (χ3v) is 4.85. The minimum Gasteiger partial charge on any atom is -0.444 e. The van der Waals surface area contributed by atoms with Gasteiger partial charge in [0, 0.05) is 24.3 Å². The van der Waals surface area contributed by atoms with Gasteiger partial charge in [-0.2, -0.15) is 0 Å². The fourth-order valence-corrected chi connectivity index (χ4v) is 3.53. The molecular formula is C22H33N5O2. The summed E-state index contributed by atoms with van der Waals surface area (Å²) in [6.07, 6.45) is 3.46. The first kappa shape index (κ1) is 21.0. The van der Waals surface area contributed by atoms with Gasteiger partial charge in [-0.3, -0.25) is 0 Å². The van der Waals surface area contributed by atoms with Crippen molar-refractivity contribution in [3.05, 3.63) is 29.8 Å². The Bertz CT molecular complexity index is 906. The van der Waals surface area contributed by atoms with E-state index in [2.05, 4.69) is 34.7 Å². The first-order chi connectivity index (χ1) is 13.6. The second kappa shape index (κ2) is 8.35. The molecule has 2 heterocycles. The Balaban J connectivity index is 1.84. The summed E-state index contributed by atoms with van der Waals surface area (Å²) in [5.74, 6) is 0.896. The maximum Gasteiger partial charge on any atom is 0.407 e. The van der Waals surface area contributed by atoms with Crippen LogP contribution in [0.4, 0.5) is 16.4 Å². The lowest BCUT2D eigenvalue weighted by Crippen LogP contribution is -2.46. The van der Waals surface area contributed by atoms with Gasteiger partial charge in [0.05, 0.1) is 17.6 Å². The van der Waals surface area contributed by atoms with Crippen molar-refractivity contribution in [2.45, 2.75) is 65.6 Å². The molecule has 1 aliphatic rings. The largest absolute Gasteiger partial charge is 0.444 e. The van der Waals surface area contributed by atoms with E-state index in [1.807, 2.05) is 39.0 Å². The van der Waals surface area contributed by atoms with Gasteiger partial charge in [-0.25, -0.2) is 9.78 Å². The van der Waals surface area contributed by atoms with Crippen LogP contribution in [0.25, 0.3) is 11.0 Å². The van der Waals surface area contributed by atoms with Gasteiger partial charge in [0.25, 0.3) is 0 Å². The van der Waals surface area contributed by atoms with Crippen molar-refractivity contribution in [3.63, 3.8) is 0 Å². The molecular weight excluding hydrogens is 366 g/mol. The first-order valence-corrected chi connectivity index (χ1v) is 10.3. The maximum absolute atomic E-state index is 12.2. The number of benzene rings is 1. The Morgan fingerprint density at radius 2 is 2.14 bits per heavy atom. The molecule has 1 aromatic heterocycles. The Kier molecular flexibility index (Phi) is 6.05. The number of imidazole rings is 1. The van der Waals surface area contributed by atoms with Crippen molar-refractivity contribution in [3.8, 4) is 0 Å². The quantitative estimate of drug-likeness (QED) is 0.598. The third-order valence-electron chi connectivity index (χ3n) is 4.85. The van der Waals surface area contributed by atoms with E-state index in [1.165, 1.54) is 5.57 Å². The molecule has 1 amide bonds. The molecule has 7 heteroatoms. The topological polar surface area (TPSA) is 85.4 Å². The van der Waals surface area contributed by atoms with Crippen LogP contribution in [-0.4, -0.2) is 40.4 Å². The van der Waals surface area contributed by atoms with Gasteiger partial charge in [-0.05, 0) is 65.7 Å². The molecule has 0 saturated carbocycles.